The minimum absolute atomic E-state index is 0.00739. The average molecular weight is 582 g/mol. The highest BCUT2D eigenvalue weighted by molar-refractivity contribution is 7.09. The van der Waals surface area contributed by atoms with Crippen LogP contribution in [-0.4, -0.2) is 33.7 Å². The Labute approximate surface area is 244 Å². The van der Waals surface area contributed by atoms with Crippen molar-refractivity contribution in [2.75, 3.05) is 10.6 Å². The number of carbonyl (C=O) groups is 3. The fourth-order valence-electron chi connectivity index (χ4n) is 4.93. The summed E-state index contributed by atoms with van der Waals surface area (Å²) in [7, 11) is 0. The van der Waals surface area contributed by atoms with Crippen molar-refractivity contribution >= 4 is 52.2 Å². The van der Waals surface area contributed by atoms with Crippen LogP contribution in [0, 0.1) is 6.92 Å². The van der Waals surface area contributed by atoms with E-state index in [0.717, 1.165) is 49.2 Å². The Morgan fingerprint density at radius 1 is 1.05 bits per heavy atom. The molecule has 40 heavy (non-hydrogen) atoms. The molecule has 1 fully saturated rings. The van der Waals surface area contributed by atoms with Crippen molar-refractivity contribution in [3.63, 3.8) is 0 Å². The number of carbonyl (C=O) groups excluding carboxylic acids is 3. The summed E-state index contributed by atoms with van der Waals surface area (Å²) in [5, 5.41) is 6.55. The number of hydrogen-bond donors (Lipinski definition) is 3. The number of benzene rings is 2. The molecule has 8 nitrogen and oxygen atoms in total. The molecule has 1 aliphatic rings. The number of nitrogens with zero attached hydrogens (tertiary/aromatic N) is 2. The van der Waals surface area contributed by atoms with Crippen LogP contribution >= 0.6 is 23.1 Å². The van der Waals surface area contributed by atoms with E-state index in [0.29, 0.717) is 16.3 Å². The monoisotopic (exact) mass is 581 g/mol. The Kier molecular flexibility index (Phi) is 9.15. The van der Waals surface area contributed by atoms with E-state index in [1.807, 2.05) is 45.9 Å². The largest absolute Gasteiger partial charge is 0.395 e. The van der Waals surface area contributed by atoms with Crippen molar-refractivity contribution in [3.8, 4) is 0 Å². The zero-order chi connectivity index (χ0) is 29.0. The minimum atomic E-state index is -1.05. The van der Waals surface area contributed by atoms with Crippen molar-refractivity contribution in [1.29, 1.82) is 0 Å². The van der Waals surface area contributed by atoms with Crippen molar-refractivity contribution in [2.45, 2.75) is 77.4 Å². The van der Waals surface area contributed by atoms with Crippen LogP contribution in [0.3, 0.4) is 0 Å². The van der Waals surface area contributed by atoms with Crippen LogP contribution in [0.15, 0.2) is 48.5 Å². The second-order valence-corrected chi connectivity index (χ2v) is 12.4. The van der Waals surface area contributed by atoms with E-state index in [-0.39, 0.29) is 34.1 Å². The zero-order valence-corrected chi connectivity index (χ0v) is 24.9. The summed E-state index contributed by atoms with van der Waals surface area (Å²) in [6, 6.07) is 13.2. The van der Waals surface area contributed by atoms with Crippen molar-refractivity contribution in [1.82, 2.24) is 15.0 Å². The highest BCUT2D eigenvalue weighted by atomic mass is 35.5. The Morgan fingerprint density at radius 2 is 1.70 bits per heavy atom. The van der Waals surface area contributed by atoms with Gasteiger partial charge in [-0.1, -0.05) is 61.2 Å². The molecule has 0 radical (unpaired) electrons. The highest BCUT2D eigenvalue weighted by Gasteiger charge is 2.38. The number of amides is 3. The van der Waals surface area contributed by atoms with Gasteiger partial charge in [0.2, 0.25) is 5.91 Å². The van der Waals surface area contributed by atoms with Gasteiger partial charge in [-0.15, -0.1) is 0 Å². The van der Waals surface area contributed by atoms with E-state index >= 15 is 0 Å². The predicted molar refractivity (Wildman–Crippen MR) is 161 cm³/mol. The SMILES string of the molecule is Cc1ccccc1N(C(=O)c1snc(C(=O)NC2CCCCC2)c1N)C(C(=O)NC(C)(C)C)c1ccc(Cl)cc1. The van der Waals surface area contributed by atoms with Gasteiger partial charge in [0.25, 0.3) is 11.8 Å². The highest BCUT2D eigenvalue weighted by Crippen LogP contribution is 2.35. The number of aromatic nitrogens is 1. The van der Waals surface area contributed by atoms with Crippen LogP contribution < -0.4 is 21.3 Å². The number of nitrogens with one attached hydrogen (secondary N) is 2. The topological polar surface area (TPSA) is 117 Å². The molecule has 0 saturated heterocycles. The summed E-state index contributed by atoms with van der Waals surface area (Å²) in [6.07, 6.45) is 5.11. The van der Waals surface area contributed by atoms with E-state index in [4.69, 9.17) is 17.3 Å². The third kappa shape index (κ3) is 6.82. The molecule has 0 bridgehead atoms. The molecule has 1 atom stereocenters. The quantitative estimate of drug-likeness (QED) is 0.314. The molecule has 1 aliphatic carbocycles. The molecule has 0 aliphatic heterocycles. The maximum atomic E-state index is 14.4. The first-order valence-electron chi connectivity index (χ1n) is 13.5. The fraction of sp³-hybridized carbons (Fsp3) is 0.400. The number of halogens is 1. The van der Waals surface area contributed by atoms with Crippen LogP contribution in [0.4, 0.5) is 11.4 Å². The lowest BCUT2D eigenvalue weighted by atomic mass is 9.95. The number of aryl methyl sites for hydroxylation is 1. The minimum Gasteiger partial charge on any atom is -0.395 e. The summed E-state index contributed by atoms with van der Waals surface area (Å²) in [6.45, 7) is 7.50. The van der Waals surface area contributed by atoms with Crippen LogP contribution in [0.2, 0.25) is 5.02 Å². The van der Waals surface area contributed by atoms with Gasteiger partial charge >= 0.3 is 0 Å². The molecule has 2 aromatic carbocycles. The summed E-state index contributed by atoms with van der Waals surface area (Å²) >= 11 is 7.03. The van der Waals surface area contributed by atoms with Crippen LogP contribution in [-0.2, 0) is 4.79 Å². The van der Waals surface area contributed by atoms with Gasteiger partial charge < -0.3 is 16.4 Å². The predicted octanol–water partition coefficient (Wildman–Crippen LogP) is 6.05. The summed E-state index contributed by atoms with van der Waals surface area (Å²) in [5.41, 5.74) is 7.80. The van der Waals surface area contributed by atoms with Gasteiger partial charge in [0.05, 0.1) is 5.69 Å². The molecule has 1 unspecified atom stereocenters. The number of nitrogens with two attached hydrogens (primary N) is 1. The summed E-state index contributed by atoms with van der Waals surface area (Å²) < 4.78 is 4.29. The summed E-state index contributed by atoms with van der Waals surface area (Å²) in [5.74, 6) is -1.28. The number of rotatable bonds is 7. The molecule has 0 spiro atoms. The molecule has 1 aromatic heterocycles. The lowest BCUT2D eigenvalue weighted by Gasteiger charge is -2.34. The van der Waals surface area contributed by atoms with E-state index in [1.54, 1.807) is 30.3 Å². The van der Waals surface area contributed by atoms with E-state index in [2.05, 4.69) is 15.0 Å². The normalized spacial score (nSPS) is 14.8. The van der Waals surface area contributed by atoms with Crippen LogP contribution in [0.25, 0.3) is 0 Å². The maximum Gasteiger partial charge on any atom is 0.273 e. The van der Waals surface area contributed by atoms with Gasteiger partial charge in [-0.05, 0) is 81.4 Å². The second-order valence-electron chi connectivity index (χ2n) is 11.2. The lowest BCUT2D eigenvalue weighted by Crippen LogP contribution is -2.49. The zero-order valence-electron chi connectivity index (χ0n) is 23.3. The van der Waals surface area contributed by atoms with Crippen molar-refractivity contribution in [2.24, 2.45) is 0 Å². The molecular weight excluding hydrogens is 546 g/mol. The first-order chi connectivity index (χ1) is 19.0. The smallest absolute Gasteiger partial charge is 0.273 e. The first kappa shape index (κ1) is 29.6. The molecule has 4 rings (SSSR count). The maximum absolute atomic E-state index is 14.4. The molecular formula is C30H36ClN5O3S. The van der Waals surface area contributed by atoms with Crippen molar-refractivity contribution in [3.05, 3.63) is 75.3 Å². The molecule has 1 heterocycles. The standard InChI is InChI=1S/C30H36ClN5O3S/c1-18-10-8-9-13-22(18)36(25(28(38)34-30(2,3)4)19-14-16-20(31)17-15-19)29(39)26-23(32)24(35-40-26)27(37)33-21-11-6-5-7-12-21/h8-10,13-17,21,25H,5-7,11-12,32H2,1-4H3,(H,33,37)(H,34,38). The molecule has 1 saturated carbocycles. The third-order valence-electron chi connectivity index (χ3n) is 6.86. The van der Waals surface area contributed by atoms with E-state index in [1.165, 1.54) is 4.90 Å². The Bertz CT molecular complexity index is 1380. The molecule has 4 N–H and O–H groups in total. The lowest BCUT2D eigenvalue weighted by molar-refractivity contribution is -0.123. The number of nitrogen functional groups attached to an aromatic ring is 1. The van der Waals surface area contributed by atoms with E-state index in [9.17, 15) is 14.4 Å². The van der Waals surface area contributed by atoms with Crippen molar-refractivity contribution < 1.29 is 14.4 Å². The average Bonchev–Trinajstić information content (AvgIpc) is 3.29. The number of anilines is 2. The summed E-state index contributed by atoms with van der Waals surface area (Å²) in [4.78, 5) is 42.9. The van der Waals surface area contributed by atoms with Gasteiger partial charge in [0, 0.05) is 22.3 Å². The third-order valence-corrected chi connectivity index (χ3v) is 7.96. The fourth-order valence-corrected chi connectivity index (χ4v) is 5.79. The molecule has 3 amide bonds. The Balaban J connectivity index is 1.78. The van der Waals surface area contributed by atoms with Gasteiger partial charge in [-0.2, -0.15) is 4.37 Å². The molecule has 212 valence electrons. The number of para-hydroxylation sites is 1. The van der Waals surface area contributed by atoms with Crippen LogP contribution in [0.1, 0.15) is 90.2 Å². The molecule has 3 aromatic rings. The van der Waals surface area contributed by atoms with Gasteiger partial charge in [-0.25, -0.2) is 0 Å². The van der Waals surface area contributed by atoms with Gasteiger partial charge in [0.1, 0.15) is 10.9 Å². The molecule has 10 heteroatoms. The van der Waals surface area contributed by atoms with Gasteiger partial charge in [-0.3, -0.25) is 19.3 Å². The van der Waals surface area contributed by atoms with Crippen LogP contribution in [0.5, 0.6) is 0 Å². The number of hydrogen-bond acceptors (Lipinski definition) is 6. The Hall–Kier alpha value is -3.43. The van der Waals surface area contributed by atoms with E-state index < -0.39 is 17.5 Å². The Morgan fingerprint density at radius 3 is 2.33 bits per heavy atom. The second kappa shape index (κ2) is 12.4. The van der Waals surface area contributed by atoms with Gasteiger partial charge in [0.15, 0.2) is 5.69 Å². The first-order valence-corrected chi connectivity index (χ1v) is 14.6.